The van der Waals surface area contributed by atoms with E-state index >= 15 is 0 Å². The Morgan fingerprint density at radius 1 is 0.567 bits per heavy atom. The van der Waals surface area contributed by atoms with Crippen molar-refractivity contribution in [2.24, 2.45) is 0 Å². The van der Waals surface area contributed by atoms with Crippen molar-refractivity contribution in [2.45, 2.75) is 59.0 Å². The first-order valence-electron chi connectivity index (χ1n) is 11.1. The highest BCUT2D eigenvalue weighted by Crippen LogP contribution is 2.06. The van der Waals surface area contributed by atoms with Gasteiger partial charge in [0.15, 0.2) is 0 Å². The molecule has 0 bridgehead atoms. The first-order chi connectivity index (χ1) is 14.5. The fourth-order valence-corrected chi connectivity index (χ4v) is 2.26. The van der Waals surface area contributed by atoms with Gasteiger partial charge in [0.25, 0.3) is 0 Å². The van der Waals surface area contributed by atoms with Crippen molar-refractivity contribution in [3.63, 3.8) is 0 Å². The summed E-state index contributed by atoms with van der Waals surface area (Å²) < 4.78 is 37.5. The molecule has 0 aliphatic heterocycles. The zero-order chi connectivity index (χ0) is 22.3. The quantitative estimate of drug-likeness (QED) is 0.189. The van der Waals surface area contributed by atoms with Gasteiger partial charge >= 0.3 is 5.97 Å². The second kappa shape index (κ2) is 21.5. The maximum absolute atomic E-state index is 11.4. The maximum Gasteiger partial charge on any atom is 0.332 e. The van der Waals surface area contributed by atoms with Crippen LogP contribution >= 0.6 is 0 Å². The van der Waals surface area contributed by atoms with Crippen molar-refractivity contribution in [1.82, 2.24) is 0 Å². The topological polar surface area (TPSA) is 81.7 Å². The summed E-state index contributed by atoms with van der Waals surface area (Å²) in [6.07, 6.45) is 4.89. The van der Waals surface area contributed by atoms with E-state index in [1.807, 2.05) is 20.8 Å². The molecule has 0 rings (SSSR count). The van der Waals surface area contributed by atoms with Gasteiger partial charge in [-0.3, -0.25) is 0 Å². The molecule has 8 nitrogen and oxygen atoms in total. The van der Waals surface area contributed by atoms with Gasteiger partial charge in [0.05, 0.1) is 66.1 Å². The summed E-state index contributed by atoms with van der Waals surface area (Å²) in [6, 6.07) is 0. The highest BCUT2D eigenvalue weighted by Gasteiger charge is 2.15. The van der Waals surface area contributed by atoms with Crippen LogP contribution in [0.2, 0.25) is 0 Å². The first-order valence-corrected chi connectivity index (χ1v) is 11.1. The number of hydrogen-bond donors (Lipinski definition) is 0. The Kier molecular flexibility index (Phi) is 20.9. The average Bonchev–Trinajstić information content (AvgIpc) is 2.68. The molecule has 180 valence electrons. The molecule has 0 aromatic rings. The molecule has 30 heavy (non-hydrogen) atoms. The van der Waals surface area contributed by atoms with Gasteiger partial charge in [-0.2, -0.15) is 0 Å². The van der Waals surface area contributed by atoms with Crippen LogP contribution in [0.25, 0.3) is 0 Å². The van der Waals surface area contributed by atoms with Crippen LogP contribution in [-0.4, -0.2) is 90.9 Å². The number of rotatable bonds is 22. The zero-order valence-corrected chi connectivity index (χ0v) is 19.6. The number of esters is 1. The fraction of sp³-hybridized carbons (Fsp3) is 0.955. The SMILES string of the molecule is CCCCCCOCCOCCOCCOCCOCCOCC(=O)OC(C)(C)C. The molecule has 0 aliphatic rings. The molecule has 0 amide bonds. The predicted molar refractivity (Wildman–Crippen MR) is 115 cm³/mol. The summed E-state index contributed by atoms with van der Waals surface area (Å²) in [4.78, 5) is 11.4. The summed E-state index contributed by atoms with van der Waals surface area (Å²) >= 11 is 0. The lowest BCUT2D eigenvalue weighted by atomic mass is 10.2. The Balaban J connectivity index is 3.11. The Morgan fingerprint density at radius 2 is 0.967 bits per heavy atom. The highest BCUT2D eigenvalue weighted by atomic mass is 16.6. The molecule has 0 aromatic carbocycles. The van der Waals surface area contributed by atoms with E-state index in [0.717, 1.165) is 13.0 Å². The lowest BCUT2D eigenvalue weighted by Crippen LogP contribution is -2.27. The molecule has 0 saturated heterocycles. The van der Waals surface area contributed by atoms with Crippen molar-refractivity contribution < 1.29 is 38.0 Å². The monoisotopic (exact) mass is 436 g/mol. The molecule has 0 spiro atoms. The summed E-state index contributed by atoms with van der Waals surface area (Å²) in [5.74, 6) is -0.373. The minimum atomic E-state index is -0.493. The number of unbranched alkanes of at least 4 members (excludes halogenated alkanes) is 3. The Labute approximate surface area is 182 Å². The third-order valence-corrected chi connectivity index (χ3v) is 3.64. The van der Waals surface area contributed by atoms with E-state index in [4.69, 9.17) is 33.2 Å². The van der Waals surface area contributed by atoms with Crippen molar-refractivity contribution in [3.8, 4) is 0 Å². The Bertz CT molecular complexity index is 371. The van der Waals surface area contributed by atoms with Crippen LogP contribution in [0.3, 0.4) is 0 Å². The summed E-state index contributed by atoms with van der Waals surface area (Å²) in [5.41, 5.74) is -0.493. The number of ether oxygens (including phenoxy) is 7. The van der Waals surface area contributed by atoms with Crippen molar-refractivity contribution >= 4 is 5.97 Å². The van der Waals surface area contributed by atoms with Gasteiger partial charge in [-0.1, -0.05) is 26.2 Å². The third-order valence-electron chi connectivity index (χ3n) is 3.64. The second-order valence-corrected chi connectivity index (χ2v) is 7.76. The van der Waals surface area contributed by atoms with Gasteiger partial charge in [-0.05, 0) is 27.2 Å². The molecule has 0 heterocycles. The van der Waals surface area contributed by atoms with Crippen molar-refractivity contribution in [2.75, 3.05) is 79.3 Å². The van der Waals surface area contributed by atoms with Gasteiger partial charge in [0.1, 0.15) is 12.2 Å². The van der Waals surface area contributed by atoms with Crippen LogP contribution in [-0.2, 0) is 38.0 Å². The average molecular weight is 437 g/mol. The largest absolute Gasteiger partial charge is 0.458 e. The second-order valence-electron chi connectivity index (χ2n) is 7.76. The van der Waals surface area contributed by atoms with E-state index in [9.17, 15) is 4.79 Å². The normalized spacial score (nSPS) is 11.7. The molecule has 0 unspecified atom stereocenters. The standard InChI is InChI=1S/C22H44O8/c1-5-6-7-8-9-24-10-11-25-12-13-26-14-15-27-16-17-28-18-19-29-20-21(23)30-22(2,3)4/h5-20H2,1-4H3. The van der Waals surface area contributed by atoms with Crippen LogP contribution in [0, 0.1) is 0 Å². The minimum absolute atomic E-state index is 0.0652. The van der Waals surface area contributed by atoms with Crippen molar-refractivity contribution in [3.05, 3.63) is 0 Å². The smallest absolute Gasteiger partial charge is 0.332 e. The molecule has 0 fully saturated rings. The lowest BCUT2D eigenvalue weighted by molar-refractivity contribution is -0.160. The zero-order valence-electron chi connectivity index (χ0n) is 19.6. The van der Waals surface area contributed by atoms with Crippen LogP contribution < -0.4 is 0 Å². The van der Waals surface area contributed by atoms with Gasteiger partial charge in [-0.25, -0.2) is 4.79 Å². The van der Waals surface area contributed by atoms with E-state index < -0.39 is 5.60 Å². The molecule has 0 aromatic heterocycles. The molecule has 8 heteroatoms. The van der Waals surface area contributed by atoms with Gasteiger partial charge in [-0.15, -0.1) is 0 Å². The Morgan fingerprint density at radius 3 is 1.37 bits per heavy atom. The van der Waals surface area contributed by atoms with Crippen LogP contribution in [0.5, 0.6) is 0 Å². The molecule has 0 N–H and O–H groups in total. The van der Waals surface area contributed by atoms with Gasteiger partial charge in [0.2, 0.25) is 0 Å². The number of hydrogen-bond acceptors (Lipinski definition) is 8. The van der Waals surface area contributed by atoms with E-state index in [0.29, 0.717) is 66.1 Å². The fourth-order valence-electron chi connectivity index (χ4n) is 2.26. The molecular formula is C22H44O8. The summed E-state index contributed by atoms with van der Waals surface area (Å²) in [5, 5.41) is 0. The Hall–Kier alpha value is -0.770. The predicted octanol–water partition coefficient (Wildman–Crippen LogP) is 3.01. The van der Waals surface area contributed by atoms with E-state index in [-0.39, 0.29) is 12.6 Å². The van der Waals surface area contributed by atoms with Crippen LogP contribution in [0.1, 0.15) is 53.4 Å². The summed E-state index contributed by atoms with van der Waals surface area (Å²) in [6.45, 7) is 13.5. The van der Waals surface area contributed by atoms with Crippen LogP contribution in [0.4, 0.5) is 0 Å². The molecule has 0 atom stereocenters. The van der Waals surface area contributed by atoms with Gasteiger partial charge < -0.3 is 33.2 Å². The van der Waals surface area contributed by atoms with Crippen LogP contribution in [0.15, 0.2) is 0 Å². The molecule has 0 saturated carbocycles. The number of carbonyl (C=O) groups is 1. The van der Waals surface area contributed by atoms with E-state index in [1.54, 1.807) is 0 Å². The van der Waals surface area contributed by atoms with Crippen molar-refractivity contribution in [1.29, 1.82) is 0 Å². The highest BCUT2D eigenvalue weighted by molar-refractivity contribution is 5.71. The lowest BCUT2D eigenvalue weighted by Gasteiger charge is -2.19. The number of carbonyl (C=O) groups excluding carboxylic acids is 1. The molecule has 0 aliphatic carbocycles. The molecular weight excluding hydrogens is 392 g/mol. The first kappa shape index (κ1) is 29.2. The van der Waals surface area contributed by atoms with E-state index in [2.05, 4.69) is 6.92 Å². The maximum atomic E-state index is 11.4. The van der Waals surface area contributed by atoms with Gasteiger partial charge in [0, 0.05) is 6.61 Å². The summed E-state index contributed by atoms with van der Waals surface area (Å²) in [7, 11) is 0. The third kappa shape index (κ3) is 25.3. The molecule has 0 radical (unpaired) electrons. The minimum Gasteiger partial charge on any atom is -0.458 e. The van der Waals surface area contributed by atoms with E-state index in [1.165, 1.54) is 19.3 Å².